The third-order valence-electron chi connectivity index (χ3n) is 4.96. The third-order valence-corrected chi connectivity index (χ3v) is 4.96. The van der Waals surface area contributed by atoms with E-state index in [4.69, 9.17) is 19.6 Å². The van der Waals surface area contributed by atoms with Crippen LogP contribution < -0.4 is 0 Å². The van der Waals surface area contributed by atoms with Crippen molar-refractivity contribution in [2.45, 2.75) is 104 Å². The molecule has 0 N–H and O–H groups in total. The van der Waals surface area contributed by atoms with Gasteiger partial charge in [0.25, 0.3) is 0 Å². The second kappa shape index (κ2) is 11.9. The summed E-state index contributed by atoms with van der Waals surface area (Å²) < 4.78 is 0. The van der Waals surface area contributed by atoms with Crippen molar-refractivity contribution in [3.8, 4) is 0 Å². The number of hydrogen-bond donors (Lipinski definition) is 0. The molecule has 0 saturated heterocycles. The van der Waals surface area contributed by atoms with E-state index in [0.29, 0.717) is 13.2 Å². The molecule has 0 aliphatic carbocycles. The van der Waals surface area contributed by atoms with Gasteiger partial charge in [-0.2, -0.15) is 0 Å². The van der Waals surface area contributed by atoms with Crippen LogP contribution in [-0.4, -0.2) is 24.4 Å². The summed E-state index contributed by atoms with van der Waals surface area (Å²) in [6, 6.07) is 8.62. The van der Waals surface area contributed by atoms with Crippen LogP contribution in [0.25, 0.3) is 0 Å². The molecule has 162 valence electrons. The van der Waals surface area contributed by atoms with Crippen LogP contribution in [0, 0.1) is 0 Å². The summed E-state index contributed by atoms with van der Waals surface area (Å²) in [7, 11) is 0. The van der Waals surface area contributed by atoms with Crippen molar-refractivity contribution in [1.82, 2.24) is 0 Å². The molecule has 0 fully saturated rings. The quantitative estimate of drug-likeness (QED) is 0.253. The van der Waals surface area contributed by atoms with E-state index in [1.54, 1.807) is 0 Å². The monoisotopic (exact) mass is 394 g/mol. The zero-order valence-electron chi connectivity index (χ0n) is 19.3. The fraction of sp³-hybridized carbons (Fsp3) is 0.750. The average Bonchev–Trinajstić information content (AvgIpc) is 2.61. The van der Waals surface area contributed by atoms with Crippen LogP contribution in [0.3, 0.4) is 0 Å². The lowest BCUT2D eigenvalue weighted by Gasteiger charge is -2.24. The van der Waals surface area contributed by atoms with Gasteiger partial charge in [-0.05, 0) is 51.7 Å². The van der Waals surface area contributed by atoms with E-state index in [0.717, 1.165) is 25.7 Å². The van der Waals surface area contributed by atoms with Gasteiger partial charge in [-0.1, -0.05) is 64.8 Å². The highest BCUT2D eigenvalue weighted by Crippen LogP contribution is 2.24. The second-order valence-corrected chi connectivity index (χ2v) is 9.23. The van der Waals surface area contributed by atoms with Crippen LogP contribution in [0.2, 0.25) is 0 Å². The summed E-state index contributed by atoms with van der Waals surface area (Å²) in [5, 5.41) is 0. The molecule has 1 aromatic carbocycles. The van der Waals surface area contributed by atoms with Crippen molar-refractivity contribution in [3.05, 3.63) is 35.4 Å². The number of rotatable bonds is 14. The standard InChI is InChI=1S/C24H42O4/c1-9-14-23(5,6)27-25-17-19(3)21-12-11-13-22(16-21)20(4)18-26-28-24(7,8)15-10-2/h11-13,16,19-20H,9-10,14-15,17-18H2,1-8H3. The zero-order valence-corrected chi connectivity index (χ0v) is 19.3. The highest BCUT2D eigenvalue weighted by Gasteiger charge is 2.21. The summed E-state index contributed by atoms with van der Waals surface area (Å²) in [6.07, 6.45) is 4.11. The van der Waals surface area contributed by atoms with Gasteiger partial charge in [-0.15, -0.1) is 0 Å². The lowest BCUT2D eigenvalue weighted by Crippen LogP contribution is -2.25. The third kappa shape index (κ3) is 9.51. The molecule has 2 unspecified atom stereocenters. The van der Waals surface area contributed by atoms with Crippen LogP contribution in [0.4, 0.5) is 0 Å². The molecule has 4 heteroatoms. The van der Waals surface area contributed by atoms with Gasteiger partial charge in [0.1, 0.15) is 0 Å². The molecule has 0 radical (unpaired) electrons. The molecule has 1 aromatic rings. The SMILES string of the molecule is CCCC(C)(C)OOCC(C)c1cccc(C(C)COOC(C)(C)CCC)c1. The first-order valence-electron chi connectivity index (χ1n) is 10.8. The van der Waals surface area contributed by atoms with Gasteiger partial charge in [0.15, 0.2) is 0 Å². The summed E-state index contributed by atoms with van der Waals surface area (Å²) in [5.74, 6) is 0.510. The topological polar surface area (TPSA) is 36.9 Å². The van der Waals surface area contributed by atoms with Crippen LogP contribution in [0.5, 0.6) is 0 Å². The second-order valence-electron chi connectivity index (χ2n) is 9.23. The fourth-order valence-electron chi connectivity index (χ4n) is 3.24. The van der Waals surface area contributed by atoms with Crippen molar-refractivity contribution in [2.75, 3.05) is 13.2 Å². The van der Waals surface area contributed by atoms with E-state index in [2.05, 4.69) is 79.7 Å². The van der Waals surface area contributed by atoms with Crippen molar-refractivity contribution in [1.29, 1.82) is 0 Å². The highest BCUT2D eigenvalue weighted by atomic mass is 17.2. The van der Waals surface area contributed by atoms with Crippen molar-refractivity contribution >= 4 is 0 Å². The first kappa shape index (κ1) is 25.1. The van der Waals surface area contributed by atoms with Crippen LogP contribution in [0.1, 0.15) is 104 Å². The Morgan fingerprint density at radius 1 is 0.750 bits per heavy atom. The molecule has 4 nitrogen and oxygen atoms in total. The Hall–Kier alpha value is -0.940. The summed E-state index contributed by atoms with van der Waals surface area (Å²) in [6.45, 7) is 18.0. The summed E-state index contributed by atoms with van der Waals surface area (Å²) in [5.41, 5.74) is 2.00. The van der Waals surface area contributed by atoms with E-state index in [1.165, 1.54) is 11.1 Å². The maximum Gasteiger partial charge on any atom is 0.0980 e. The average molecular weight is 395 g/mol. The van der Waals surface area contributed by atoms with Gasteiger partial charge in [0.05, 0.1) is 24.4 Å². The highest BCUT2D eigenvalue weighted by molar-refractivity contribution is 5.28. The van der Waals surface area contributed by atoms with Gasteiger partial charge in [0, 0.05) is 11.8 Å². The van der Waals surface area contributed by atoms with E-state index in [1.807, 2.05) is 0 Å². The van der Waals surface area contributed by atoms with E-state index >= 15 is 0 Å². The molecule has 0 bridgehead atoms. The summed E-state index contributed by atoms with van der Waals surface area (Å²) in [4.78, 5) is 22.3. The molecular weight excluding hydrogens is 352 g/mol. The molecule has 0 aromatic heterocycles. The molecule has 28 heavy (non-hydrogen) atoms. The maximum absolute atomic E-state index is 5.61. The molecule has 0 spiro atoms. The molecule has 2 atom stereocenters. The van der Waals surface area contributed by atoms with Gasteiger partial charge in [-0.3, -0.25) is 0 Å². The predicted molar refractivity (Wildman–Crippen MR) is 115 cm³/mol. The Morgan fingerprint density at radius 2 is 1.14 bits per heavy atom. The molecule has 0 heterocycles. The maximum atomic E-state index is 5.61. The molecule has 1 rings (SSSR count). The van der Waals surface area contributed by atoms with Crippen molar-refractivity contribution in [2.24, 2.45) is 0 Å². The van der Waals surface area contributed by atoms with Gasteiger partial charge < -0.3 is 0 Å². The molecule has 0 aliphatic rings. The van der Waals surface area contributed by atoms with Gasteiger partial charge >= 0.3 is 0 Å². The lowest BCUT2D eigenvalue weighted by atomic mass is 9.95. The van der Waals surface area contributed by atoms with Gasteiger partial charge in [0.2, 0.25) is 0 Å². The lowest BCUT2D eigenvalue weighted by molar-refractivity contribution is -0.356. The van der Waals surface area contributed by atoms with Crippen molar-refractivity contribution < 1.29 is 19.6 Å². The Labute approximate surface area is 172 Å². The Balaban J connectivity index is 2.53. The van der Waals surface area contributed by atoms with E-state index < -0.39 is 0 Å². The normalized spacial score (nSPS) is 14.9. The smallest absolute Gasteiger partial charge is 0.0980 e. The van der Waals surface area contributed by atoms with Crippen LogP contribution in [-0.2, 0) is 19.6 Å². The van der Waals surface area contributed by atoms with Crippen molar-refractivity contribution in [3.63, 3.8) is 0 Å². The molecule has 0 amide bonds. The van der Waals surface area contributed by atoms with E-state index in [-0.39, 0.29) is 23.0 Å². The van der Waals surface area contributed by atoms with E-state index in [9.17, 15) is 0 Å². The Bertz CT molecular complexity index is 508. The van der Waals surface area contributed by atoms with Crippen LogP contribution in [0.15, 0.2) is 24.3 Å². The zero-order chi connectivity index (χ0) is 21.2. The predicted octanol–water partition coefficient (Wildman–Crippen LogP) is 6.95. The first-order valence-corrected chi connectivity index (χ1v) is 10.8. The molecule has 0 saturated carbocycles. The number of hydrogen-bond acceptors (Lipinski definition) is 4. The van der Waals surface area contributed by atoms with Crippen LogP contribution >= 0.6 is 0 Å². The molecular formula is C24H42O4. The summed E-state index contributed by atoms with van der Waals surface area (Å²) >= 11 is 0. The van der Waals surface area contributed by atoms with Gasteiger partial charge in [-0.25, -0.2) is 19.6 Å². The Kier molecular flexibility index (Phi) is 10.7. The number of benzene rings is 1. The first-order chi connectivity index (χ1) is 13.1. The Morgan fingerprint density at radius 3 is 1.50 bits per heavy atom. The fourth-order valence-corrected chi connectivity index (χ4v) is 3.24. The minimum absolute atomic E-state index is 0.242. The minimum atomic E-state index is -0.242. The minimum Gasteiger partial charge on any atom is -0.236 e. The molecule has 0 aliphatic heterocycles. The largest absolute Gasteiger partial charge is 0.236 e.